The molecule has 0 saturated heterocycles. The Bertz CT molecular complexity index is 1180. The van der Waals surface area contributed by atoms with E-state index in [9.17, 15) is 9.59 Å². The minimum absolute atomic E-state index is 0.0777. The van der Waals surface area contributed by atoms with Crippen LogP contribution in [0.15, 0.2) is 72.0 Å². The molecule has 0 aliphatic heterocycles. The second-order valence-electron chi connectivity index (χ2n) is 7.09. The topological polar surface area (TPSA) is 80.6 Å². The number of nitrogens with zero attached hydrogens (tertiary/aromatic N) is 3. The molecule has 6 nitrogen and oxygen atoms in total. The largest absolute Gasteiger partial charge is 0.330 e. The van der Waals surface area contributed by atoms with Crippen LogP contribution in [0.1, 0.15) is 41.5 Å². The highest BCUT2D eigenvalue weighted by Gasteiger charge is 2.20. The molecule has 0 spiro atoms. The molecular weight excluding hydrogens is 352 g/mol. The van der Waals surface area contributed by atoms with E-state index < -0.39 is 5.56 Å². The summed E-state index contributed by atoms with van der Waals surface area (Å²) in [6.45, 7) is 4.28. The zero-order valence-corrected chi connectivity index (χ0v) is 15.7. The third kappa shape index (κ3) is 3.24. The van der Waals surface area contributed by atoms with Crippen LogP contribution < -0.4 is 5.56 Å². The summed E-state index contributed by atoms with van der Waals surface area (Å²) in [5.41, 5.74) is 2.09. The Labute approximate surface area is 161 Å². The number of aromatic nitrogens is 4. The number of ketones is 1. The Hall–Kier alpha value is -3.54. The number of carbonyl (C=O) groups excluding carboxylic acids is 1. The number of carbonyl (C=O) groups is 1. The molecule has 1 N–H and O–H groups in total. The zero-order valence-electron chi connectivity index (χ0n) is 15.7. The molecule has 0 amide bonds. The fraction of sp³-hybridized carbons (Fsp3) is 0.182. The molecule has 0 bridgehead atoms. The first kappa shape index (κ1) is 17.9. The monoisotopic (exact) mass is 372 g/mol. The molecule has 1 atom stereocenters. The van der Waals surface area contributed by atoms with Gasteiger partial charge >= 0.3 is 0 Å². The van der Waals surface area contributed by atoms with Crippen molar-refractivity contribution in [1.29, 1.82) is 0 Å². The molecule has 28 heavy (non-hydrogen) atoms. The average Bonchev–Trinajstić information content (AvgIpc) is 3.22. The van der Waals surface area contributed by atoms with Crippen molar-refractivity contribution in [2.45, 2.75) is 19.9 Å². The maximum Gasteiger partial charge on any atom is 0.278 e. The Morgan fingerprint density at radius 2 is 1.89 bits per heavy atom. The first-order valence-corrected chi connectivity index (χ1v) is 9.16. The third-order valence-corrected chi connectivity index (χ3v) is 4.79. The van der Waals surface area contributed by atoms with Crippen LogP contribution in [0.5, 0.6) is 0 Å². The van der Waals surface area contributed by atoms with Crippen molar-refractivity contribution in [3.63, 3.8) is 0 Å². The van der Waals surface area contributed by atoms with Crippen LogP contribution in [-0.4, -0.2) is 25.3 Å². The molecule has 2 heterocycles. The van der Waals surface area contributed by atoms with Crippen LogP contribution in [0.2, 0.25) is 0 Å². The maximum atomic E-state index is 12.7. The summed E-state index contributed by atoms with van der Waals surface area (Å²) in [7, 11) is 0. The molecule has 0 aliphatic rings. The predicted molar refractivity (Wildman–Crippen MR) is 107 cm³/mol. The molecule has 0 saturated carbocycles. The number of aromatic amines is 1. The number of hydrogen-bond acceptors (Lipinski definition) is 4. The van der Waals surface area contributed by atoms with Gasteiger partial charge in [0.15, 0.2) is 5.69 Å². The van der Waals surface area contributed by atoms with Crippen LogP contribution in [0, 0.1) is 5.92 Å². The number of rotatable bonds is 5. The Morgan fingerprint density at radius 3 is 2.57 bits per heavy atom. The fourth-order valence-electron chi connectivity index (χ4n) is 3.50. The normalized spacial score (nSPS) is 12.4. The molecule has 140 valence electrons. The summed E-state index contributed by atoms with van der Waals surface area (Å²) in [6.07, 6.45) is 5.47. The van der Waals surface area contributed by atoms with E-state index >= 15 is 0 Å². The number of fused-ring (bicyclic) bond motifs is 1. The number of imidazole rings is 1. The van der Waals surface area contributed by atoms with Crippen LogP contribution in [-0.2, 0) is 0 Å². The molecule has 4 rings (SSSR count). The van der Waals surface area contributed by atoms with Crippen molar-refractivity contribution in [3.8, 4) is 0 Å². The second-order valence-corrected chi connectivity index (χ2v) is 7.09. The summed E-state index contributed by atoms with van der Waals surface area (Å²) in [5, 5.41) is 0. The number of nitrogens with one attached hydrogen (secondary N) is 1. The molecule has 4 aromatic rings. The lowest BCUT2D eigenvalue weighted by Crippen LogP contribution is -2.21. The average molecular weight is 372 g/mol. The van der Waals surface area contributed by atoms with Gasteiger partial charge < -0.3 is 9.55 Å². The SMILES string of the molecule is CC(C)C(c1ccc2[nH]c(=O)c(C(=O)c3ccccc3)nc2c1)n1ccnc1. The summed E-state index contributed by atoms with van der Waals surface area (Å²) in [6, 6.07) is 14.5. The van der Waals surface area contributed by atoms with Crippen molar-refractivity contribution in [2.75, 3.05) is 0 Å². The summed E-state index contributed by atoms with van der Waals surface area (Å²) in [5.74, 6) is -0.0657. The van der Waals surface area contributed by atoms with Crippen LogP contribution in [0.25, 0.3) is 11.0 Å². The van der Waals surface area contributed by atoms with Crippen molar-refractivity contribution in [1.82, 2.24) is 19.5 Å². The minimum Gasteiger partial charge on any atom is -0.330 e. The van der Waals surface area contributed by atoms with Crippen molar-refractivity contribution < 1.29 is 4.79 Å². The molecule has 0 aliphatic carbocycles. The summed E-state index contributed by atoms with van der Waals surface area (Å²) < 4.78 is 2.05. The molecule has 2 aromatic heterocycles. The van der Waals surface area contributed by atoms with E-state index in [-0.39, 0.29) is 17.5 Å². The Kier molecular flexibility index (Phi) is 4.61. The standard InChI is InChI=1S/C22H20N4O2/c1-14(2)20(26-11-10-23-13-26)16-8-9-17-18(12-16)24-19(22(28)25-17)21(27)15-6-4-3-5-7-15/h3-14,20H,1-2H3,(H,25,28). The highest BCUT2D eigenvalue weighted by atomic mass is 16.1. The highest BCUT2D eigenvalue weighted by molar-refractivity contribution is 6.08. The van der Waals surface area contributed by atoms with Crippen LogP contribution in [0.4, 0.5) is 0 Å². The molecule has 6 heteroatoms. The van der Waals surface area contributed by atoms with Gasteiger partial charge in [0.1, 0.15) is 0 Å². The summed E-state index contributed by atoms with van der Waals surface area (Å²) in [4.78, 5) is 36.5. The molecule has 0 radical (unpaired) electrons. The number of benzene rings is 2. The van der Waals surface area contributed by atoms with Crippen LogP contribution >= 0.6 is 0 Å². The lowest BCUT2D eigenvalue weighted by Gasteiger charge is -2.23. The van der Waals surface area contributed by atoms with Gasteiger partial charge in [-0.05, 0) is 23.6 Å². The van der Waals surface area contributed by atoms with E-state index in [1.165, 1.54) is 0 Å². The van der Waals surface area contributed by atoms with E-state index in [1.807, 2.05) is 35.0 Å². The predicted octanol–water partition coefficient (Wildman–Crippen LogP) is 3.60. The first-order chi connectivity index (χ1) is 13.5. The number of H-pyrrole nitrogens is 1. The third-order valence-electron chi connectivity index (χ3n) is 4.79. The van der Waals surface area contributed by atoms with Gasteiger partial charge in [-0.1, -0.05) is 50.2 Å². The summed E-state index contributed by atoms with van der Waals surface area (Å²) >= 11 is 0. The van der Waals surface area contributed by atoms with Gasteiger partial charge in [-0.15, -0.1) is 0 Å². The minimum atomic E-state index is -0.482. The van der Waals surface area contributed by atoms with Gasteiger partial charge in [0.05, 0.1) is 23.4 Å². The van der Waals surface area contributed by atoms with Gasteiger partial charge in [0.2, 0.25) is 5.78 Å². The van der Waals surface area contributed by atoms with Crippen molar-refractivity contribution in [3.05, 3.63) is 94.4 Å². The van der Waals surface area contributed by atoms with E-state index in [2.05, 4.69) is 28.8 Å². The smallest absolute Gasteiger partial charge is 0.278 e. The quantitative estimate of drug-likeness (QED) is 0.543. The highest BCUT2D eigenvalue weighted by Crippen LogP contribution is 2.28. The van der Waals surface area contributed by atoms with Gasteiger partial charge in [-0.25, -0.2) is 9.97 Å². The Balaban J connectivity index is 1.82. The lowest BCUT2D eigenvalue weighted by atomic mass is 9.95. The number of hydrogen-bond donors (Lipinski definition) is 1. The van der Waals surface area contributed by atoms with Gasteiger partial charge in [0.25, 0.3) is 5.56 Å². The molecule has 0 fully saturated rings. The van der Waals surface area contributed by atoms with E-state index in [4.69, 9.17) is 0 Å². The second kappa shape index (κ2) is 7.23. The van der Waals surface area contributed by atoms with Crippen LogP contribution in [0.3, 0.4) is 0 Å². The van der Waals surface area contributed by atoms with Gasteiger partial charge in [-0.3, -0.25) is 9.59 Å². The van der Waals surface area contributed by atoms with Crippen molar-refractivity contribution >= 4 is 16.8 Å². The van der Waals surface area contributed by atoms with E-state index in [0.717, 1.165) is 5.56 Å². The molecule has 2 aromatic carbocycles. The maximum absolute atomic E-state index is 12.7. The lowest BCUT2D eigenvalue weighted by molar-refractivity contribution is 0.103. The van der Waals surface area contributed by atoms with Crippen molar-refractivity contribution in [2.24, 2.45) is 5.92 Å². The first-order valence-electron chi connectivity index (χ1n) is 9.16. The Morgan fingerprint density at radius 1 is 1.11 bits per heavy atom. The van der Waals surface area contributed by atoms with E-state index in [0.29, 0.717) is 22.5 Å². The van der Waals surface area contributed by atoms with E-state index in [1.54, 1.807) is 36.8 Å². The zero-order chi connectivity index (χ0) is 19.7. The fourth-order valence-corrected chi connectivity index (χ4v) is 3.50. The van der Waals surface area contributed by atoms with Gasteiger partial charge in [-0.2, -0.15) is 0 Å². The molecular formula is C22H20N4O2. The molecule has 1 unspecified atom stereocenters. The van der Waals surface area contributed by atoms with Gasteiger partial charge in [0, 0.05) is 18.0 Å².